The molecule has 0 aliphatic carbocycles. The van der Waals surface area contributed by atoms with Gasteiger partial charge in [-0.3, -0.25) is 4.79 Å². The number of aromatic nitrogens is 1. The zero-order chi connectivity index (χ0) is 11.4. The lowest BCUT2D eigenvalue weighted by atomic mass is 10.2. The van der Waals surface area contributed by atoms with Gasteiger partial charge in [0.25, 0.3) is 0 Å². The van der Waals surface area contributed by atoms with Crippen molar-refractivity contribution in [3.05, 3.63) is 11.1 Å². The van der Waals surface area contributed by atoms with Crippen molar-refractivity contribution in [2.45, 2.75) is 17.2 Å². The van der Waals surface area contributed by atoms with Crippen LogP contribution in [-0.4, -0.2) is 35.0 Å². The summed E-state index contributed by atoms with van der Waals surface area (Å²) in [4.78, 5) is 14.8. The zero-order valence-electron chi connectivity index (χ0n) is 8.72. The summed E-state index contributed by atoms with van der Waals surface area (Å²) in [6.45, 7) is 1.72. The van der Waals surface area contributed by atoms with Crippen molar-refractivity contribution in [2.75, 3.05) is 19.0 Å². The smallest absolute Gasteiger partial charge is 0.309 e. The maximum absolute atomic E-state index is 10.5. The van der Waals surface area contributed by atoms with Gasteiger partial charge >= 0.3 is 5.97 Å². The van der Waals surface area contributed by atoms with Crippen LogP contribution in [0.25, 0.3) is 0 Å². The highest BCUT2D eigenvalue weighted by atomic mass is 32.2. The van der Waals surface area contributed by atoms with Crippen LogP contribution in [0.5, 0.6) is 0 Å². The third-order valence-electron chi connectivity index (χ3n) is 2.33. The second-order valence-corrected chi connectivity index (χ2v) is 5.84. The molecule has 1 N–H and O–H groups in total. The highest BCUT2D eigenvalue weighted by Gasteiger charge is 2.16. The van der Waals surface area contributed by atoms with E-state index in [2.05, 4.69) is 4.98 Å². The van der Waals surface area contributed by atoms with Crippen LogP contribution in [-0.2, 0) is 16.0 Å². The van der Waals surface area contributed by atoms with Gasteiger partial charge in [0.2, 0.25) is 0 Å². The Morgan fingerprint density at radius 2 is 2.62 bits per heavy atom. The first-order valence-corrected chi connectivity index (χ1v) is 6.97. The molecule has 1 fully saturated rings. The Labute approximate surface area is 102 Å². The number of carbonyl (C=O) groups is 1. The first-order valence-electron chi connectivity index (χ1n) is 5.11. The molecule has 1 unspecified atom stereocenters. The molecule has 1 aromatic rings. The molecular weight excluding hydrogens is 246 g/mol. The van der Waals surface area contributed by atoms with Gasteiger partial charge in [0.1, 0.15) is 4.34 Å². The minimum Gasteiger partial charge on any atom is -0.481 e. The first kappa shape index (κ1) is 11.9. The van der Waals surface area contributed by atoms with Crippen LogP contribution in [0.3, 0.4) is 0 Å². The largest absolute Gasteiger partial charge is 0.481 e. The Morgan fingerprint density at radius 1 is 1.75 bits per heavy atom. The third kappa shape index (κ3) is 3.47. The maximum atomic E-state index is 10.5. The Bertz CT molecular complexity index is 361. The Balaban J connectivity index is 1.80. The molecule has 2 rings (SSSR count). The van der Waals surface area contributed by atoms with E-state index < -0.39 is 5.97 Å². The SMILES string of the molecule is O=C(O)Cc1csc(SCC2CCOC2)n1. The molecule has 2 heterocycles. The van der Waals surface area contributed by atoms with E-state index in [9.17, 15) is 4.79 Å². The summed E-state index contributed by atoms with van der Waals surface area (Å²) in [6, 6.07) is 0. The van der Waals surface area contributed by atoms with E-state index in [0.29, 0.717) is 11.6 Å². The summed E-state index contributed by atoms with van der Waals surface area (Å²) in [7, 11) is 0. The molecule has 1 aliphatic rings. The number of rotatable bonds is 5. The normalized spacial score (nSPS) is 20.1. The van der Waals surface area contributed by atoms with Crippen molar-refractivity contribution in [3.63, 3.8) is 0 Å². The summed E-state index contributed by atoms with van der Waals surface area (Å²) >= 11 is 3.22. The number of carboxylic acid groups (broad SMARTS) is 1. The van der Waals surface area contributed by atoms with Gasteiger partial charge < -0.3 is 9.84 Å². The molecule has 16 heavy (non-hydrogen) atoms. The van der Waals surface area contributed by atoms with Crippen molar-refractivity contribution in [1.29, 1.82) is 0 Å². The number of nitrogens with zero attached hydrogens (tertiary/aromatic N) is 1. The molecular formula is C10H13NO3S2. The molecule has 0 amide bonds. The minimum absolute atomic E-state index is 0.0175. The summed E-state index contributed by atoms with van der Waals surface area (Å²) in [5, 5.41) is 10.4. The van der Waals surface area contributed by atoms with Gasteiger partial charge in [-0.05, 0) is 12.3 Å². The van der Waals surface area contributed by atoms with E-state index in [4.69, 9.17) is 9.84 Å². The van der Waals surface area contributed by atoms with E-state index in [1.807, 2.05) is 5.38 Å². The van der Waals surface area contributed by atoms with Gasteiger partial charge in [-0.1, -0.05) is 11.8 Å². The lowest BCUT2D eigenvalue weighted by Gasteiger charge is -2.03. The molecule has 1 aromatic heterocycles. The second-order valence-electron chi connectivity index (χ2n) is 3.72. The second kappa shape index (κ2) is 5.65. The number of thioether (sulfide) groups is 1. The fourth-order valence-corrected chi connectivity index (χ4v) is 3.48. The third-order valence-corrected chi connectivity index (χ3v) is 4.63. The van der Waals surface area contributed by atoms with Crippen LogP contribution in [0.4, 0.5) is 0 Å². The van der Waals surface area contributed by atoms with Crippen LogP contribution in [0.2, 0.25) is 0 Å². The van der Waals surface area contributed by atoms with E-state index in [0.717, 1.165) is 29.7 Å². The van der Waals surface area contributed by atoms with E-state index >= 15 is 0 Å². The molecule has 4 nitrogen and oxygen atoms in total. The highest BCUT2D eigenvalue weighted by Crippen LogP contribution is 2.27. The monoisotopic (exact) mass is 259 g/mol. The van der Waals surface area contributed by atoms with E-state index in [1.165, 1.54) is 11.3 Å². The van der Waals surface area contributed by atoms with Crippen LogP contribution in [0.15, 0.2) is 9.72 Å². The van der Waals surface area contributed by atoms with Gasteiger partial charge in [-0.25, -0.2) is 4.98 Å². The molecule has 1 saturated heterocycles. The molecule has 0 spiro atoms. The lowest BCUT2D eigenvalue weighted by molar-refractivity contribution is -0.136. The zero-order valence-corrected chi connectivity index (χ0v) is 10.4. The number of hydrogen-bond acceptors (Lipinski definition) is 5. The van der Waals surface area contributed by atoms with Crippen molar-refractivity contribution in [3.8, 4) is 0 Å². The topological polar surface area (TPSA) is 59.4 Å². The number of aliphatic carboxylic acids is 1. The van der Waals surface area contributed by atoms with Crippen molar-refractivity contribution in [2.24, 2.45) is 5.92 Å². The summed E-state index contributed by atoms with van der Waals surface area (Å²) < 4.78 is 6.26. The van der Waals surface area contributed by atoms with Crippen LogP contribution >= 0.6 is 23.1 Å². The van der Waals surface area contributed by atoms with Crippen LogP contribution in [0.1, 0.15) is 12.1 Å². The number of hydrogen-bond donors (Lipinski definition) is 1. The molecule has 0 radical (unpaired) electrons. The molecule has 0 saturated carbocycles. The average Bonchev–Trinajstić information content (AvgIpc) is 2.84. The van der Waals surface area contributed by atoms with Crippen molar-refractivity contribution < 1.29 is 14.6 Å². The van der Waals surface area contributed by atoms with E-state index in [-0.39, 0.29) is 6.42 Å². The molecule has 0 bridgehead atoms. The maximum Gasteiger partial charge on any atom is 0.309 e. The molecule has 1 atom stereocenters. The molecule has 0 aromatic carbocycles. The van der Waals surface area contributed by atoms with Crippen LogP contribution < -0.4 is 0 Å². The first-order chi connectivity index (χ1) is 7.74. The van der Waals surface area contributed by atoms with Gasteiger partial charge in [-0.2, -0.15) is 0 Å². The van der Waals surface area contributed by atoms with Crippen molar-refractivity contribution >= 4 is 29.1 Å². The van der Waals surface area contributed by atoms with Crippen LogP contribution in [0, 0.1) is 5.92 Å². The molecule has 6 heteroatoms. The van der Waals surface area contributed by atoms with E-state index in [1.54, 1.807) is 11.8 Å². The quantitative estimate of drug-likeness (QED) is 0.818. The fourth-order valence-electron chi connectivity index (χ4n) is 1.49. The summed E-state index contributed by atoms with van der Waals surface area (Å²) in [6.07, 6.45) is 1.14. The molecule has 1 aliphatic heterocycles. The highest BCUT2D eigenvalue weighted by molar-refractivity contribution is 8.01. The number of thiazole rings is 1. The van der Waals surface area contributed by atoms with Crippen molar-refractivity contribution in [1.82, 2.24) is 4.98 Å². The Kier molecular flexibility index (Phi) is 4.20. The number of ether oxygens (including phenoxy) is 1. The summed E-state index contributed by atoms with van der Waals surface area (Å²) in [5.41, 5.74) is 0.655. The standard InChI is InChI=1S/C10H13NO3S2/c12-9(13)3-8-6-16-10(11-8)15-5-7-1-2-14-4-7/h6-7H,1-5H2,(H,12,13). The molecule has 88 valence electrons. The summed E-state index contributed by atoms with van der Waals surface area (Å²) in [5.74, 6) is 0.808. The Morgan fingerprint density at radius 3 is 3.31 bits per heavy atom. The fraction of sp³-hybridized carbons (Fsp3) is 0.600. The predicted octanol–water partition coefficient (Wildman–Crippen LogP) is 1.90. The van der Waals surface area contributed by atoms with Gasteiger partial charge in [0, 0.05) is 17.7 Å². The van der Waals surface area contributed by atoms with Gasteiger partial charge in [0.05, 0.1) is 18.7 Å². The number of carboxylic acids is 1. The van der Waals surface area contributed by atoms with Gasteiger partial charge in [0.15, 0.2) is 0 Å². The predicted molar refractivity (Wildman–Crippen MR) is 63.1 cm³/mol. The Hall–Kier alpha value is -0.590. The minimum atomic E-state index is -0.828. The van der Waals surface area contributed by atoms with Gasteiger partial charge in [-0.15, -0.1) is 11.3 Å². The lowest BCUT2D eigenvalue weighted by Crippen LogP contribution is -2.02. The average molecular weight is 259 g/mol.